The minimum atomic E-state index is 0.0945. The molecule has 0 radical (unpaired) electrons. The van der Waals surface area contributed by atoms with E-state index in [0.29, 0.717) is 5.02 Å². The van der Waals surface area contributed by atoms with Crippen molar-refractivity contribution in [3.8, 4) is 5.75 Å². The van der Waals surface area contributed by atoms with Gasteiger partial charge in [-0.2, -0.15) is 0 Å². The molecule has 0 saturated heterocycles. The number of aryl methyl sites for hydroxylation is 1. The number of methoxy groups -OCH3 is 1. The van der Waals surface area contributed by atoms with Crippen LogP contribution in [0.1, 0.15) is 21.5 Å². The van der Waals surface area contributed by atoms with Gasteiger partial charge in [-0.1, -0.05) is 57.9 Å². The molecule has 2 aromatic rings. The Bertz CT molecular complexity index is 554. The van der Waals surface area contributed by atoms with E-state index in [1.807, 2.05) is 30.3 Å². The molecular formula is C15H14BrClO. The van der Waals surface area contributed by atoms with Gasteiger partial charge in [-0.15, -0.1) is 0 Å². The lowest BCUT2D eigenvalue weighted by Gasteiger charge is -2.15. The predicted molar refractivity (Wildman–Crippen MR) is 80.0 cm³/mol. The predicted octanol–water partition coefficient (Wildman–Crippen LogP) is 5.14. The fourth-order valence-corrected chi connectivity index (χ4v) is 3.20. The molecule has 0 saturated carbocycles. The van der Waals surface area contributed by atoms with E-state index in [2.05, 4.69) is 35.0 Å². The maximum absolute atomic E-state index is 6.30. The van der Waals surface area contributed by atoms with Crippen LogP contribution in [0.15, 0.2) is 42.5 Å². The third-order valence-corrected chi connectivity index (χ3v) is 4.26. The third kappa shape index (κ3) is 2.70. The normalized spacial score (nSPS) is 12.2. The van der Waals surface area contributed by atoms with E-state index >= 15 is 0 Å². The zero-order chi connectivity index (χ0) is 13.1. The van der Waals surface area contributed by atoms with Gasteiger partial charge in [0, 0.05) is 5.02 Å². The first-order chi connectivity index (χ1) is 8.63. The van der Waals surface area contributed by atoms with Crippen molar-refractivity contribution in [3.63, 3.8) is 0 Å². The zero-order valence-corrected chi connectivity index (χ0v) is 12.6. The molecule has 0 aliphatic rings. The van der Waals surface area contributed by atoms with Crippen LogP contribution < -0.4 is 4.74 Å². The van der Waals surface area contributed by atoms with Crippen LogP contribution in [0.5, 0.6) is 5.75 Å². The molecule has 0 fully saturated rings. The summed E-state index contributed by atoms with van der Waals surface area (Å²) in [6.45, 7) is 2.10. The van der Waals surface area contributed by atoms with Gasteiger partial charge in [-0.25, -0.2) is 0 Å². The van der Waals surface area contributed by atoms with Gasteiger partial charge in [-0.3, -0.25) is 0 Å². The maximum atomic E-state index is 6.30. The summed E-state index contributed by atoms with van der Waals surface area (Å²) >= 11 is 10.0. The van der Waals surface area contributed by atoms with E-state index in [-0.39, 0.29) is 4.83 Å². The van der Waals surface area contributed by atoms with Gasteiger partial charge in [0.25, 0.3) is 0 Å². The lowest BCUT2D eigenvalue weighted by molar-refractivity contribution is 0.414. The standard InChI is InChI=1S/C15H14BrClO/c1-10-5-3-4-6-12(10)15(16)13-8-7-11(18-2)9-14(13)17/h3-9,15H,1-2H3. The van der Waals surface area contributed by atoms with Crippen LogP contribution >= 0.6 is 27.5 Å². The van der Waals surface area contributed by atoms with Crippen molar-refractivity contribution in [2.75, 3.05) is 7.11 Å². The second kappa shape index (κ2) is 5.77. The number of hydrogen-bond acceptors (Lipinski definition) is 1. The summed E-state index contributed by atoms with van der Waals surface area (Å²) in [6.07, 6.45) is 0. The first-order valence-electron chi connectivity index (χ1n) is 5.66. The number of benzene rings is 2. The first kappa shape index (κ1) is 13.4. The summed E-state index contributed by atoms with van der Waals surface area (Å²) in [5.41, 5.74) is 3.52. The number of rotatable bonds is 3. The molecule has 0 aromatic heterocycles. The minimum absolute atomic E-state index is 0.0945. The van der Waals surface area contributed by atoms with E-state index in [4.69, 9.17) is 16.3 Å². The second-order valence-electron chi connectivity index (χ2n) is 4.11. The molecule has 1 nitrogen and oxygen atoms in total. The van der Waals surface area contributed by atoms with Crippen molar-refractivity contribution in [1.29, 1.82) is 0 Å². The molecule has 0 heterocycles. The highest BCUT2D eigenvalue weighted by atomic mass is 79.9. The molecule has 0 N–H and O–H groups in total. The number of alkyl halides is 1. The van der Waals surface area contributed by atoms with E-state index in [9.17, 15) is 0 Å². The Hall–Kier alpha value is -0.990. The van der Waals surface area contributed by atoms with Crippen molar-refractivity contribution < 1.29 is 4.74 Å². The summed E-state index contributed by atoms with van der Waals surface area (Å²) in [6, 6.07) is 14.0. The molecule has 1 unspecified atom stereocenters. The zero-order valence-electron chi connectivity index (χ0n) is 10.3. The molecule has 1 atom stereocenters. The summed E-state index contributed by atoms with van der Waals surface area (Å²) in [7, 11) is 1.64. The molecule has 0 aliphatic carbocycles. The summed E-state index contributed by atoms with van der Waals surface area (Å²) in [4.78, 5) is 0.0945. The van der Waals surface area contributed by atoms with Gasteiger partial charge < -0.3 is 4.74 Å². The van der Waals surface area contributed by atoms with Crippen LogP contribution in [0.25, 0.3) is 0 Å². The van der Waals surface area contributed by atoms with E-state index in [0.717, 1.165) is 11.3 Å². The lowest BCUT2D eigenvalue weighted by Crippen LogP contribution is -1.97. The first-order valence-corrected chi connectivity index (χ1v) is 6.96. The van der Waals surface area contributed by atoms with Crippen LogP contribution in [-0.4, -0.2) is 7.11 Å². The average molecular weight is 326 g/mol. The monoisotopic (exact) mass is 324 g/mol. The summed E-state index contributed by atoms with van der Waals surface area (Å²) < 4.78 is 5.16. The average Bonchev–Trinajstić information content (AvgIpc) is 2.38. The Morgan fingerprint density at radius 2 is 1.83 bits per heavy atom. The fraction of sp³-hybridized carbons (Fsp3) is 0.200. The van der Waals surface area contributed by atoms with E-state index < -0.39 is 0 Å². The Kier molecular flexibility index (Phi) is 4.31. The van der Waals surface area contributed by atoms with Crippen LogP contribution in [0.3, 0.4) is 0 Å². The molecular weight excluding hydrogens is 312 g/mol. The number of ether oxygens (including phenoxy) is 1. The molecule has 2 rings (SSSR count). The van der Waals surface area contributed by atoms with Gasteiger partial charge in [0.2, 0.25) is 0 Å². The van der Waals surface area contributed by atoms with Gasteiger partial charge in [0.05, 0.1) is 11.9 Å². The molecule has 94 valence electrons. The van der Waals surface area contributed by atoms with Gasteiger partial charge in [0.1, 0.15) is 5.75 Å². The van der Waals surface area contributed by atoms with Crippen molar-refractivity contribution >= 4 is 27.5 Å². The van der Waals surface area contributed by atoms with Crippen LogP contribution in [0.2, 0.25) is 5.02 Å². The van der Waals surface area contributed by atoms with Crippen molar-refractivity contribution in [1.82, 2.24) is 0 Å². The van der Waals surface area contributed by atoms with E-state index in [1.54, 1.807) is 7.11 Å². The smallest absolute Gasteiger partial charge is 0.120 e. The molecule has 0 spiro atoms. The Balaban J connectivity index is 2.40. The van der Waals surface area contributed by atoms with Gasteiger partial charge >= 0.3 is 0 Å². The van der Waals surface area contributed by atoms with Crippen LogP contribution in [0, 0.1) is 6.92 Å². The molecule has 0 bridgehead atoms. The fourth-order valence-electron chi connectivity index (χ4n) is 1.88. The Morgan fingerprint density at radius 3 is 2.44 bits per heavy atom. The summed E-state index contributed by atoms with van der Waals surface area (Å²) in [5, 5.41) is 0.708. The SMILES string of the molecule is COc1ccc(C(Br)c2ccccc2C)c(Cl)c1. The van der Waals surface area contributed by atoms with Gasteiger partial charge in [0.15, 0.2) is 0 Å². The van der Waals surface area contributed by atoms with E-state index in [1.165, 1.54) is 11.1 Å². The quantitative estimate of drug-likeness (QED) is 0.710. The highest BCUT2D eigenvalue weighted by Gasteiger charge is 2.15. The molecule has 2 aromatic carbocycles. The lowest BCUT2D eigenvalue weighted by atomic mass is 10.0. The van der Waals surface area contributed by atoms with Crippen molar-refractivity contribution in [2.24, 2.45) is 0 Å². The Morgan fingerprint density at radius 1 is 1.11 bits per heavy atom. The molecule has 0 amide bonds. The minimum Gasteiger partial charge on any atom is -0.497 e. The van der Waals surface area contributed by atoms with Crippen molar-refractivity contribution in [3.05, 3.63) is 64.2 Å². The highest BCUT2D eigenvalue weighted by Crippen LogP contribution is 2.37. The highest BCUT2D eigenvalue weighted by molar-refractivity contribution is 9.09. The summed E-state index contributed by atoms with van der Waals surface area (Å²) in [5.74, 6) is 0.772. The second-order valence-corrected chi connectivity index (χ2v) is 5.43. The van der Waals surface area contributed by atoms with Crippen LogP contribution in [0.4, 0.5) is 0 Å². The Labute approximate surface area is 121 Å². The molecule has 18 heavy (non-hydrogen) atoms. The van der Waals surface area contributed by atoms with Gasteiger partial charge in [-0.05, 0) is 35.7 Å². The largest absolute Gasteiger partial charge is 0.497 e. The molecule has 3 heteroatoms. The number of hydrogen-bond donors (Lipinski definition) is 0. The maximum Gasteiger partial charge on any atom is 0.120 e. The van der Waals surface area contributed by atoms with Crippen molar-refractivity contribution in [2.45, 2.75) is 11.8 Å². The third-order valence-electron chi connectivity index (χ3n) is 2.94. The topological polar surface area (TPSA) is 9.23 Å². The van der Waals surface area contributed by atoms with Crippen LogP contribution in [-0.2, 0) is 0 Å². The molecule has 0 aliphatic heterocycles. The number of halogens is 2.